The van der Waals surface area contributed by atoms with E-state index >= 15 is 0 Å². The van der Waals surface area contributed by atoms with Gasteiger partial charge < -0.3 is 4.90 Å². The zero-order valence-corrected chi connectivity index (χ0v) is 16.6. The van der Waals surface area contributed by atoms with Crippen LogP contribution in [0.15, 0.2) is 54.9 Å². The molecule has 1 aromatic carbocycles. The second kappa shape index (κ2) is 7.37. The van der Waals surface area contributed by atoms with E-state index in [0.717, 1.165) is 42.0 Å². The Morgan fingerprint density at radius 2 is 2.07 bits per heavy atom. The van der Waals surface area contributed by atoms with Gasteiger partial charge in [0.05, 0.1) is 0 Å². The minimum absolute atomic E-state index is 0.0168. The third-order valence-corrected chi connectivity index (χ3v) is 5.62. The molecule has 0 spiro atoms. The predicted molar refractivity (Wildman–Crippen MR) is 109 cm³/mol. The number of pyridine rings is 1. The van der Waals surface area contributed by atoms with Gasteiger partial charge in [-0.25, -0.2) is 13.9 Å². The molecular weight excluding hydrogens is 383 g/mol. The SMILES string of the molecule is Cn1nccc1C(=O)N1CCCC(c2nc3ccc(-c4cccc(F)c4)cn3n2)C1. The van der Waals surface area contributed by atoms with Crippen molar-refractivity contribution in [1.29, 1.82) is 0 Å². The molecule has 152 valence electrons. The number of hydrogen-bond donors (Lipinski definition) is 0. The van der Waals surface area contributed by atoms with Crippen LogP contribution in [-0.4, -0.2) is 48.3 Å². The molecule has 1 atom stereocenters. The van der Waals surface area contributed by atoms with Gasteiger partial charge in [-0.05, 0) is 48.7 Å². The highest BCUT2D eigenvalue weighted by molar-refractivity contribution is 5.92. The van der Waals surface area contributed by atoms with E-state index in [-0.39, 0.29) is 17.6 Å². The summed E-state index contributed by atoms with van der Waals surface area (Å²) in [5.41, 5.74) is 2.98. The van der Waals surface area contributed by atoms with E-state index in [9.17, 15) is 9.18 Å². The molecule has 3 aromatic heterocycles. The summed E-state index contributed by atoms with van der Waals surface area (Å²) in [5, 5.41) is 8.77. The van der Waals surface area contributed by atoms with E-state index in [0.29, 0.717) is 12.2 Å². The number of hydrogen-bond acceptors (Lipinski definition) is 4. The first-order chi connectivity index (χ1) is 14.6. The van der Waals surface area contributed by atoms with Gasteiger partial charge in [-0.2, -0.15) is 10.2 Å². The Morgan fingerprint density at radius 3 is 2.87 bits per heavy atom. The number of amides is 1. The maximum atomic E-state index is 13.6. The normalized spacial score (nSPS) is 16.9. The van der Waals surface area contributed by atoms with Gasteiger partial charge in [-0.15, -0.1) is 0 Å². The highest BCUT2D eigenvalue weighted by atomic mass is 19.1. The fourth-order valence-corrected chi connectivity index (χ4v) is 4.03. The smallest absolute Gasteiger partial charge is 0.272 e. The number of benzene rings is 1. The van der Waals surface area contributed by atoms with Crippen molar-refractivity contribution >= 4 is 11.6 Å². The molecule has 0 bridgehead atoms. The fourth-order valence-electron chi connectivity index (χ4n) is 4.03. The summed E-state index contributed by atoms with van der Waals surface area (Å²) in [6.45, 7) is 1.30. The molecule has 1 unspecified atom stereocenters. The summed E-state index contributed by atoms with van der Waals surface area (Å²) >= 11 is 0. The largest absolute Gasteiger partial charge is 0.337 e. The van der Waals surface area contributed by atoms with Gasteiger partial charge in [-0.1, -0.05) is 12.1 Å². The van der Waals surface area contributed by atoms with Crippen LogP contribution in [-0.2, 0) is 7.05 Å². The molecule has 4 heterocycles. The number of nitrogens with zero attached hydrogens (tertiary/aromatic N) is 6. The van der Waals surface area contributed by atoms with Gasteiger partial charge in [0, 0.05) is 44.0 Å². The summed E-state index contributed by atoms with van der Waals surface area (Å²) in [5.74, 6) is 0.520. The highest BCUT2D eigenvalue weighted by Crippen LogP contribution is 2.27. The van der Waals surface area contributed by atoms with Gasteiger partial charge in [0.2, 0.25) is 0 Å². The lowest BCUT2D eigenvalue weighted by atomic mass is 9.97. The molecule has 7 nitrogen and oxygen atoms in total. The lowest BCUT2D eigenvalue weighted by Crippen LogP contribution is -2.40. The molecule has 0 saturated carbocycles. The number of carbonyl (C=O) groups excluding carboxylic acids is 1. The van der Waals surface area contributed by atoms with Crippen molar-refractivity contribution in [2.45, 2.75) is 18.8 Å². The first-order valence-electron chi connectivity index (χ1n) is 9.98. The molecule has 0 aliphatic carbocycles. The zero-order chi connectivity index (χ0) is 20.7. The van der Waals surface area contributed by atoms with Gasteiger partial charge in [0.25, 0.3) is 5.91 Å². The van der Waals surface area contributed by atoms with Crippen LogP contribution in [0.3, 0.4) is 0 Å². The van der Waals surface area contributed by atoms with E-state index in [2.05, 4.69) is 15.2 Å². The van der Waals surface area contributed by atoms with Gasteiger partial charge >= 0.3 is 0 Å². The number of aromatic nitrogens is 5. The van der Waals surface area contributed by atoms with E-state index < -0.39 is 0 Å². The van der Waals surface area contributed by atoms with Gasteiger partial charge in [0.1, 0.15) is 11.5 Å². The second-order valence-electron chi connectivity index (χ2n) is 7.63. The predicted octanol–water partition coefficient (Wildman–Crippen LogP) is 3.29. The molecule has 4 aromatic rings. The Hall–Kier alpha value is -3.55. The Morgan fingerprint density at radius 1 is 1.17 bits per heavy atom. The highest BCUT2D eigenvalue weighted by Gasteiger charge is 2.29. The van der Waals surface area contributed by atoms with Crippen molar-refractivity contribution in [1.82, 2.24) is 29.3 Å². The van der Waals surface area contributed by atoms with Crippen LogP contribution >= 0.6 is 0 Å². The van der Waals surface area contributed by atoms with Crippen LogP contribution in [0.5, 0.6) is 0 Å². The first-order valence-corrected chi connectivity index (χ1v) is 9.98. The number of fused-ring (bicyclic) bond motifs is 1. The lowest BCUT2D eigenvalue weighted by Gasteiger charge is -2.31. The van der Waals surface area contributed by atoms with Crippen LogP contribution in [0, 0.1) is 5.82 Å². The average Bonchev–Trinajstić information content (AvgIpc) is 3.39. The Kier molecular flexibility index (Phi) is 4.54. The molecular formula is C22H21FN6O. The van der Waals surface area contributed by atoms with Crippen molar-refractivity contribution in [2.75, 3.05) is 13.1 Å². The number of piperidine rings is 1. The van der Waals surface area contributed by atoms with Crippen molar-refractivity contribution < 1.29 is 9.18 Å². The molecule has 30 heavy (non-hydrogen) atoms. The molecule has 0 N–H and O–H groups in total. The van der Waals surface area contributed by atoms with Crippen LogP contribution in [0.25, 0.3) is 16.8 Å². The molecule has 1 aliphatic heterocycles. The Bertz CT molecular complexity index is 1230. The molecule has 1 amide bonds. The number of halogens is 1. The maximum Gasteiger partial charge on any atom is 0.272 e. The minimum Gasteiger partial charge on any atom is -0.337 e. The molecule has 8 heteroatoms. The first kappa shape index (κ1) is 18.5. The molecule has 1 aliphatic rings. The van der Waals surface area contributed by atoms with Crippen LogP contribution < -0.4 is 0 Å². The van der Waals surface area contributed by atoms with Crippen molar-refractivity contribution in [3.63, 3.8) is 0 Å². The monoisotopic (exact) mass is 404 g/mol. The van der Waals surface area contributed by atoms with Crippen LogP contribution in [0.4, 0.5) is 4.39 Å². The van der Waals surface area contributed by atoms with Gasteiger partial charge in [0.15, 0.2) is 11.5 Å². The topological polar surface area (TPSA) is 68.3 Å². The molecule has 0 radical (unpaired) electrons. The standard InChI is InChI=1S/C22H21FN6O/c1-27-19(9-10-24-27)22(30)28-11-3-5-17(13-28)21-25-20-8-7-16(14-29(20)26-21)15-4-2-6-18(23)12-15/h2,4,6-10,12,14,17H,3,5,11,13H2,1H3. The number of rotatable bonds is 3. The summed E-state index contributed by atoms with van der Waals surface area (Å²) in [6, 6.07) is 12.0. The van der Waals surface area contributed by atoms with Gasteiger partial charge in [-0.3, -0.25) is 9.48 Å². The van der Waals surface area contributed by atoms with E-state index in [1.807, 2.05) is 29.3 Å². The minimum atomic E-state index is -0.271. The molecule has 5 rings (SSSR count). The Labute approximate surface area is 172 Å². The number of carbonyl (C=O) groups is 1. The fraction of sp³-hybridized carbons (Fsp3) is 0.273. The van der Waals surface area contributed by atoms with Crippen LogP contribution in [0.1, 0.15) is 35.1 Å². The summed E-state index contributed by atoms with van der Waals surface area (Å²) in [7, 11) is 1.77. The Balaban J connectivity index is 1.40. The summed E-state index contributed by atoms with van der Waals surface area (Å²) < 4.78 is 16.9. The third kappa shape index (κ3) is 3.34. The van der Waals surface area contributed by atoms with E-state index in [1.54, 1.807) is 34.6 Å². The summed E-state index contributed by atoms with van der Waals surface area (Å²) in [4.78, 5) is 19.4. The third-order valence-electron chi connectivity index (χ3n) is 5.62. The van der Waals surface area contributed by atoms with Crippen molar-refractivity contribution in [3.8, 4) is 11.1 Å². The van der Waals surface area contributed by atoms with Crippen molar-refractivity contribution in [2.24, 2.45) is 7.05 Å². The average molecular weight is 404 g/mol. The second-order valence-corrected chi connectivity index (χ2v) is 7.63. The quantitative estimate of drug-likeness (QED) is 0.526. The van der Waals surface area contributed by atoms with E-state index in [1.165, 1.54) is 12.1 Å². The van der Waals surface area contributed by atoms with Crippen LogP contribution in [0.2, 0.25) is 0 Å². The zero-order valence-electron chi connectivity index (χ0n) is 16.6. The number of likely N-dealkylation sites (tertiary alicyclic amines) is 1. The van der Waals surface area contributed by atoms with E-state index in [4.69, 9.17) is 0 Å². The molecule has 1 fully saturated rings. The number of aryl methyl sites for hydroxylation is 1. The summed E-state index contributed by atoms with van der Waals surface area (Å²) in [6.07, 6.45) is 5.33. The van der Waals surface area contributed by atoms with Crippen molar-refractivity contribution in [3.05, 3.63) is 72.2 Å². The maximum absolute atomic E-state index is 13.6. The lowest BCUT2D eigenvalue weighted by molar-refractivity contribution is 0.0693. The molecule has 1 saturated heterocycles.